The number of aryl methyl sites for hydroxylation is 1. The van der Waals surface area contributed by atoms with Crippen LogP contribution in [-0.4, -0.2) is 14.5 Å². The maximum atomic E-state index is 5.96. The maximum absolute atomic E-state index is 5.96. The Balaban J connectivity index is 2.22. The van der Waals surface area contributed by atoms with Crippen LogP contribution in [0.2, 0.25) is 0 Å². The lowest BCUT2D eigenvalue weighted by Gasteiger charge is -2.28. The smallest absolute Gasteiger partial charge is 0.160 e. The molecule has 0 radical (unpaired) electrons. The van der Waals surface area contributed by atoms with Crippen LogP contribution in [0.1, 0.15) is 36.7 Å². The van der Waals surface area contributed by atoms with Gasteiger partial charge in [0.25, 0.3) is 0 Å². The van der Waals surface area contributed by atoms with Gasteiger partial charge in [0.15, 0.2) is 5.65 Å². The van der Waals surface area contributed by atoms with Gasteiger partial charge in [0.2, 0.25) is 0 Å². The fourth-order valence-corrected chi connectivity index (χ4v) is 2.44. The number of halogens is 1. The molecule has 0 amide bonds. The number of aromatic nitrogens is 3. The molecule has 0 unspecified atom stereocenters. The molecule has 2 aromatic heterocycles. The molecule has 0 saturated heterocycles. The van der Waals surface area contributed by atoms with E-state index in [2.05, 4.69) is 20.6 Å². The lowest BCUT2D eigenvalue weighted by Crippen LogP contribution is -2.19. The first-order chi connectivity index (χ1) is 7.79. The van der Waals surface area contributed by atoms with Crippen molar-refractivity contribution in [1.29, 1.82) is 0 Å². The number of fused-ring (bicyclic) bond motifs is 1. The predicted molar refractivity (Wildman–Crippen MR) is 64.7 cm³/mol. The Morgan fingerprint density at radius 1 is 1.50 bits per heavy atom. The Kier molecular flexibility index (Phi) is 2.36. The van der Waals surface area contributed by atoms with Crippen LogP contribution in [0.4, 0.5) is 0 Å². The number of pyridine rings is 1. The third kappa shape index (κ3) is 1.42. The highest BCUT2D eigenvalue weighted by Gasteiger charge is 2.24. The van der Waals surface area contributed by atoms with E-state index in [-0.39, 0.29) is 0 Å². The van der Waals surface area contributed by atoms with Crippen molar-refractivity contribution in [2.24, 2.45) is 0 Å². The lowest BCUT2D eigenvalue weighted by molar-refractivity contribution is 0.314. The Morgan fingerprint density at radius 2 is 2.31 bits per heavy atom. The van der Waals surface area contributed by atoms with E-state index in [0.29, 0.717) is 11.9 Å². The molecule has 0 aliphatic heterocycles. The van der Waals surface area contributed by atoms with Gasteiger partial charge in [-0.25, -0.2) is 9.97 Å². The van der Waals surface area contributed by atoms with Gasteiger partial charge < -0.3 is 4.57 Å². The molecular weight excluding hydrogens is 222 g/mol. The summed E-state index contributed by atoms with van der Waals surface area (Å²) in [6, 6.07) is 2.64. The van der Waals surface area contributed by atoms with Gasteiger partial charge in [0.1, 0.15) is 11.3 Å². The molecule has 0 atom stereocenters. The van der Waals surface area contributed by atoms with Crippen molar-refractivity contribution in [3.8, 4) is 0 Å². The molecule has 0 spiro atoms. The van der Waals surface area contributed by atoms with Crippen LogP contribution in [0, 0.1) is 6.92 Å². The summed E-state index contributed by atoms with van der Waals surface area (Å²) >= 11 is 5.96. The third-order valence-electron chi connectivity index (χ3n) is 3.30. The van der Waals surface area contributed by atoms with Gasteiger partial charge in [0.05, 0.1) is 5.88 Å². The molecule has 3 nitrogen and oxygen atoms in total. The van der Waals surface area contributed by atoms with Crippen molar-refractivity contribution >= 4 is 22.8 Å². The minimum absolute atomic E-state index is 0.464. The second-order valence-electron chi connectivity index (χ2n) is 4.47. The SMILES string of the molecule is Cc1cnc2c(c1)nc(CCl)n2C1CCC1. The number of rotatable bonds is 2. The standard InChI is InChI=1S/C12H14ClN3/c1-8-5-10-12(14-7-8)16(9-3-2-4-9)11(6-13)15-10/h5,7,9H,2-4,6H2,1H3. The molecule has 1 aliphatic rings. The topological polar surface area (TPSA) is 30.7 Å². The minimum atomic E-state index is 0.464. The normalized spacial score (nSPS) is 16.6. The first-order valence-electron chi connectivity index (χ1n) is 5.69. The van der Waals surface area contributed by atoms with Gasteiger partial charge in [-0.3, -0.25) is 0 Å². The number of imidazole rings is 1. The molecule has 84 valence electrons. The van der Waals surface area contributed by atoms with E-state index in [9.17, 15) is 0 Å². The zero-order valence-corrected chi connectivity index (χ0v) is 10.0. The quantitative estimate of drug-likeness (QED) is 0.749. The van der Waals surface area contributed by atoms with Crippen molar-refractivity contribution in [2.75, 3.05) is 0 Å². The van der Waals surface area contributed by atoms with Gasteiger partial charge in [0, 0.05) is 12.2 Å². The molecule has 2 heterocycles. The van der Waals surface area contributed by atoms with Crippen molar-refractivity contribution < 1.29 is 0 Å². The van der Waals surface area contributed by atoms with Gasteiger partial charge in [-0.2, -0.15) is 0 Å². The largest absolute Gasteiger partial charge is 0.309 e. The summed E-state index contributed by atoms with van der Waals surface area (Å²) in [5.74, 6) is 1.42. The van der Waals surface area contributed by atoms with Crippen molar-refractivity contribution in [3.63, 3.8) is 0 Å². The Labute approximate surface area is 99.5 Å². The predicted octanol–water partition coefficient (Wildman–Crippen LogP) is 3.20. The van der Waals surface area contributed by atoms with Gasteiger partial charge in [-0.1, -0.05) is 0 Å². The highest BCUT2D eigenvalue weighted by atomic mass is 35.5. The highest BCUT2D eigenvalue weighted by Crippen LogP contribution is 2.35. The van der Waals surface area contributed by atoms with E-state index in [0.717, 1.165) is 22.6 Å². The molecule has 4 heteroatoms. The van der Waals surface area contributed by atoms with Crippen LogP contribution in [0.3, 0.4) is 0 Å². The van der Waals surface area contributed by atoms with Crippen LogP contribution >= 0.6 is 11.6 Å². The summed E-state index contributed by atoms with van der Waals surface area (Å²) in [7, 11) is 0. The fraction of sp³-hybridized carbons (Fsp3) is 0.500. The molecule has 3 rings (SSSR count). The summed E-state index contributed by atoms with van der Waals surface area (Å²) in [6.07, 6.45) is 5.66. The van der Waals surface area contributed by atoms with Crippen molar-refractivity contribution in [2.45, 2.75) is 38.1 Å². The second-order valence-corrected chi connectivity index (χ2v) is 4.74. The number of hydrogen-bond donors (Lipinski definition) is 0. The first kappa shape index (κ1) is 10.1. The molecule has 0 aromatic carbocycles. The Bertz CT molecular complexity index is 528. The van der Waals surface area contributed by atoms with E-state index in [1.807, 2.05) is 13.1 Å². The van der Waals surface area contributed by atoms with E-state index >= 15 is 0 Å². The van der Waals surface area contributed by atoms with Gasteiger partial charge in [-0.05, 0) is 37.8 Å². The van der Waals surface area contributed by atoms with Crippen LogP contribution in [0.5, 0.6) is 0 Å². The monoisotopic (exact) mass is 235 g/mol. The average molecular weight is 236 g/mol. The van der Waals surface area contributed by atoms with Crippen LogP contribution in [-0.2, 0) is 5.88 Å². The molecule has 1 aliphatic carbocycles. The number of nitrogens with zero attached hydrogens (tertiary/aromatic N) is 3. The highest BCUT2D eigenvalue weighted by molar-refractivity contribution is 6.16. The van der Waals surface area contributed by atoms with Crippen molar-refractivity contribution in [3.05, 3.63) is 23.7 Å². The van der Waals surface area contributed by atoms with Crippen LogP contribution < -0.4 is 0 Å². The molecule has 1 fully saturated rings. The lowest BCUT2D eigenvalue weighted by atomic mass is 9.93. The van der Waals surface area contributed by atoms with E-state index in [1.54, 1.807) is 0 Å². The van der Waals surface area contributed by atoms with E-state index < -0.39 is 0 Å². The molecule has 0 bridgehead atoms. The Morgan fingerprint density at radius 3 is 2.94 bits per heavy atom. The van der Waals surface area contributed by atoms with E-state index in [1.165, 1.54) is 19.3 Å². The average Bonchev–Trinajstić information content (AvgIpc) is 2.54. The van der Waals surface area contributed by atoms with Crippen molar-refractivity contribution in [1.82, 2.24) is 14.5 Å². The van der Waals surface area contributed by atoms with E-state index in [4.69, 9.17) is 11.6 Å². The molecule has 1 saturated carbocycles. The fourth-order valence-electron chi connectivity index (χ4n) is 2.25. The molecular formula is C12H14ClN3. The third-order valence-corrected chi connectivity index (χ3v) is 3.54. The Hall–Kier alpha value is -1.09. The minimum Gasteiger partial charge on any atom is -0.309 e. The number of alkyl halides is 1. The number of hydrogen-bond acceptors (Lipinski definition) is 2. The maximum Gasteiger partial charge on any atom is 0.160 e. The zero-order chi connectivity index (χ0) is 11.1. The van der Waals surface area contributed by atoms with Gasteiger partial charge in [-0.15, -0.1) is 11.6 Å². The summed E-state index contributed by atoms with van der Waals surface area (Å²) in [5, 5.41) is 0. The first-order valence-corrected chi connectivity index (χ1v) is 6.22. The molecule has 16 heavy (non-hydrogen) atoms. The summed E-state index contributed by atoms with van der Waals surface area (Å²) in [4.78, 5) is 9.06. The zero-order valence-electron chi connectivity index (χ0n) is 9.28. The summed E-state index contributed by atoms with van der Waals surface area (Å²) < 4.78 is 2.23. The van der Waals surface area contributed by atoms with Crippen LogP contribution in [0.25, 0.3) is 11.2 Å². The molecule has 2 aromatic rings. The summed E-state index contributed by atoms with van der Waals surface area (Å²) in [5.41, 5.74) is 3.11. The van der Waals surface area contributed by atoms with Gasteiger partial charge >= 0.3 is 0 Å². The van der Waals surface area contributed by atoms with Crippen LogP contribution in [0.15, 0.2) is 12.3 Å². The summed E-state index contributed by atoms with van der Waals surface area (Å²) in [6.45, 7) is 2.04. The molecule has 0 N–H and O–H groups in total. The second kappa shape index (κ2) is 3.74.